The Morgan fingerprint density at radius 2 is 1.82 bits per heavy atom. The van der Waals surface area contributed by atoms with E-state index >= 15 is 0 Å². The Hall–Kier alpha value is -2.59. The second-order valence-electron chi connectivity index (χ2n) is 4.67. The van der Waals surface area contributed by atoms with Gasteiger partial charge < -0.3 is 9.73 Å². The summed E-state index contributed by atoms with van der Waals surface area (Å²) in [7, 11) is 0. The number of hydrogen-bond acceptors (Lipinski definition) is 3. The molecule has 1 amide bonds. The largest absolute Gasteiger partial charge is 0.438 e. The Labute approximate surface area is 132 Å². The van der Waals surface area contributed by atoms with Crippen molar-refractivity contribution in [1.29, 1.82) is 0 Å². The number of aromatic nitrogens is 1. The highest BCUT2D eigenvalue weighted by Crippen LogP contribution is 2.22. The van der Waals surface area contributed by atoms with Gasteiger partial charge in [-0.1, -0.05) is 60.1 Å². The zero-order valence-electron chi connectivity index (χ0n) is 11.6. The maximum Gasteiger partial charge on any atom is 0.289 e. The van der Waals surface area contributed by atoms with E-state index in [1.807, 2.05) is 48.5 Å². The number of benzene rings is 2. The maximum absolute atomic E-state index is 12.3. The summed E-state index contributed by atoms with van der Waals surface area (Å²) in [6, 6.07) is 16.8. The highest BCUT2D eigenvalue weighted by molar-refractivity contribution is 6.31. The van der Waals surface area contributed by atoms with Gasteiger partial charge in [-0.3, -0.25) is 4.79 Å². The number of carbonyl (C=O) groups excluding carboxylic acids is 1. The molecule has 3 rings (SSSR count). The van der Waals surface area contributed by atoms with E-state index < -0.39 is 0 Å². The second-order valence-corrected chi connectivity index (χ2v) is 5.08. The Balaban J connectivity index is 1.77. The van der Waals surface area contributed by atoms with Gasteiger partial charge in [-0.05, 0) is 11.6 Å². The molecule has 0 atom stereocenters. The summed E-state index contributed by atoms with van der Waals surface area (Å²) in [4.78, 5) is 16.4. The van der Waals surface area contributed by atoms with Gasteiger partial charge in [-0.15, -0.1) is 0 Å². The number of nitrogens with zero attached hydrogens (tertiary/aromatic N) is 1. The fourth-order valence-corrected chi connectivity index (χ4v) is 2.31. The van der Waals surface area contributed by atoms with Crippen LogP contribution in [0.2, 0.25) is 5.02 Å². The van der Waals surface area contributed by atoms with Crippen LogP contribution in [0.1, 0.15) is 16.1 Å². The van der Waals surface area contributed by atoms with Crippen LogP contribution < -0.4 is 5.32 Å². The van der Waals surface area contributed by atoms with Crippen LogP contribution in [0.3, 0.4) is 0 Å². The Morgan fingerprint density at radius 3 is 2.59 bits per heavy atom. The molecule has 0 aliphatic carbocycles. The minimum atomic E-state index is -0.323. The van der Waals surface area contributed by atoms with E-state index in [9.17, 15) is 4.79 Å². The molecular weight excluding hydrogens is 300 g/mol. The predicted molar refractivity (Wildman–Crippen MR) is 84.6 cm³/mol. The van der Waals surface area contributed by atoms with Crippen molar-refractivity contribution in [2.24, 2.45) is 0 Å². The lowest BCUT2D eigenvalue weighted by Gasteiger charge is -2.06. The molecule has 2 aromatic carbocycles. The molecule has 0 radical (unpaired) electrons. The van der Waals surface area contributed by atoms with Gasteiger partial charge >= 0.3 is 0 Å². The van der Waals surface area contributed by atoms with E-state index in [1.165, 1.54) is 6.39 Å². The van der Waals surface area contributed by atoms with Crippen LogP contribution in [0.15, 0.2) is 65.4 Å². The average molecular weight is 313 g/mol. The summed E-state index contributed by atoms with van der Waals surface area (Å²) in [6.07, 6.45) is 1.27. The summed E-state index contributed by atoms with van der Waals surface area (Å²) in [5.41, 5.74) is 2.20. The second kappa shape index (κ2) is 6.45. The number of carbonyl (C=O) groups is 1. The first-order chi connectivity index (χ1) is 10.8. The lowest BCUT2D eigenvalue weighted by molar-refractivity contribution is 0.0924. The van der Waals surface area contributed by atoms with Gasteiger partial charge in [0.05, 0.1) is 0 Å². The third-order valence-electron chi connectivity index (χ3n) is 3.22. The number of halogens is 1. The zero-order chi connectivity index (χ0) is 15.4. The average Bonchev–Trinajstić information content (AvgIpc) is 3.04. The fraction of sp³-hybridized carbons (Fsp3) is 0.0588. The highest BCUT2D eigenvalue weighted by Gasteiger charge is 2.18. The maximum atomic E-state index is 12.3. The third-order valence-corrected chi connectivity index (χ3v) is 3.59. The van der Waals surface area contributed by atoms with Crippen molar-refractivity contribution >= 4 is 17.5 Å². The van der Waals surface area contributed by atoms with Gasteiger partial charge in [-0.2, -0.15) is 0 Å². The normalized spacial score (nSPS) is 10.4. The van der Waals surface area contributed by atoms with Gasteiger partial charge in [0.1, 0.15) is 5.69 Å². The summed E-state index contributed by atoms with van der Waals surface area (Å²) in [5, 5.41) is 3.41. The summed E-state index contributed by atoms with van der Waals surface area (Å²) < 4.78 is 5.24. The molecule has 22 heavy (non-hydrogen) atoms. The topological polar surface area (TPSA) is 55.1 Å². The van der Waals surface area contributed by atoms with Crippen molar-refractivity contribution in [3.05, 3.63) is 77.3 Å². The van der Waals surface area contributed by atoms with Crippen molar-refractivity contribution < 1.29 is 9.21 Å². The standard InChI is InChI=1S/C17H13ClN2O2/c18-14-9-5-4-8-13(14)10-19-17(21)16-15(20-11-22-16)12-6-2-1-3-7-12/h1-9,11H,10H2,(H,19,21). The lowest BCUT2D eigenvalue weighted by Crippen LogP contribution is -2.23. The molecule has 0 spiro atoms. The molecule has 1 N–H and O–H groups in total. The Morgan fingerprint density at radius 1 is 1.09 bits per heavy atom. The van der Waals surface area contributed by atoms with E-state index in [0.29, 0.717) is 17.3 Å². The Kier molecular flexibility index (Phi) is 4.21. The van der Waals surface area contributed by atoms with Gasteiger partial charge in [-0.25, -0.2) is 4.98 Å². The molecule has 4 nitrogen and oxygen atoms in total. The molecule has 0 unspecified atom stereocenters. The SMILES string of the molecule is O=C(NCc1ccccc1Cl)c1ocnc1-c1ccccc1. The molecular formula is C17H13ClN2O2. The predicted octanol–water partition coefficient (Wildman–Crippen LogP) is 3.93. The van der Waals surface area contributed by atoms with Gasteiger partial charge in [0.15, 0.2) is 6.39 Å². The molecule has 1 heterocycles. The molecule has 1 aromatic heterocycles. The van der Waals surface area contributed by atoms with E-state index in [4.69, 9.17) is 16.0 Å². The monoisotopic (exact) mass is 312 g/mol. The minimum Gasteiger partial charge on any atom is -0.438 e. The van der Waals surface area contributed by atoms with Crippen molar-refractivity contribution in [2.45, 2.75) is 6.54 Å². The van der Waals surface area contributed by atoms with Crippen LogP contribution in [-0.4, -0.2) is 10.9 Å². The van der Waals surface area contributed by atoms with Crippen molar-refractivity contribution in [3.8, 4) is 11.3 Å². The number of hydrogen-bond donors (Lipinski definition) is 1. The number of amides is 1. The lowest BCUT2D eigenvalue weighted by atomic mass is 10.1. The van der Waals surface area contributed by atoms with Gasteiger partial charge in [0, 0.05) is 17.1 Å². The van der Waals surface area contributed by atoms with E-state index in [-0.39, 0.29) is 11.7 Å². The zero-order valence-corrected chi connectivity index (χ0v) is 12.4. The van der Waals surface area contributed by atoms with Crippen LogP contribution in [-0.2, 0) is 6.54 Å². The quantitative estimate of drug-likeness (QED) is 0.794. The van der Waals surface area contributed by atoms with Crippen LogP contribution in [0.4, 0.5) is 0 Å². The number of oxazole rings is 1. The van der Waals surface area contributed by atoms with Gasteiger partial charge in [0.2, 0.25) is 5.76 Å². The summed E-state index contributed by atoms with van der Waals surface area (Å²) >= 11 is 6.07. The minimum absolute atomic E-state index is 0.193. The highest BCUT2D eigenvalue weighted by atomic mass is 35.5. The molecule has 0 aliphatic rings. The van der Waals surface area contributed by atoms with E-state index in [2.05, 4.69) is 10.3 Å². The van der Waals surface area contributed by atoms with Crippen LogP contribution in [0.5, 0.6) is 0 Å². The molecule has 0 saturated carbocycles. The molecule has 0 aliphatic heterocycles. The number of nitrogens with one attached hydrogen (secondary N) is 1. The van der Waals surface area contributed by atoms with Gasteiger partial charge in [0.25, 0.3) is 5.91 Å². The van der Waals surface area contributed by atoms with E-state index in [0.717, 1.165) is 11.1 Å². The van der Waals surface area contributed by atoms with Crippen molar-refractivity contribution in [2.75, 3.05) is 0 Å². The first kappa shape index (κ1) is 14.4. The third kappa shape index (κ3) is 3.02. The van der Waals surface area contributed by atoms with Crippen LogP contribution in [0.25, 0.3) is 11.3 Å². The molecule has 110 valence electrons. The molecule has 3 aromatic rings. The molecule has 5 heteroatoms. The summed E-state index contributed by atoms with van der Waals surface area (Å²) in [5.74, 6) is -0.130. The first-order valence-electron chi connectivity index (χ1n) is 6.76. The van der Waals surface area contributed by atoms with Crippen LogP contribution >= 0.6 is 11.6 Å². The first-order valence-corrected chi connectivity index (χ1v) is 7.14. The Bertz CT molecular complexity index is 784. The van der Waals surface area contributed by atoms with Crippen molar-refractivity contribution in [3.63, 3.8) is 0 Å². The van der Waals surface area contributed by atoms with Crippen molar-refractivity contribution in [1.82, 2.24) is 10.3 Å². The molecule has 0 bridgehead atoms. The van der Waals surface area contributed by atoms with E-state index in [1.54, 1.807) is 6.07 Å². The van der Waals surface area contributed by atoms with Crippen LogP contribution in [0, 0.1) is 0 Å². The fourth-order valence-electron chi connectivity index (χ4n) is 2.11. The number of rotatable bonds is 4. The summed E-state index contributed by atoms with van der Waals surface area (Å²) in [6.45, 7) is 0.327. The smallest absolute Gasteiger partial charge is 0.289 e. The molecule has 0 fully saturated rings. The molecule has 0 saturated heterocycles.